The molecule has 0 unspecified atom stereocenters. The lowest BCUT2D eigenvalue weighted by Gasteiger charge is -2.06. The minimum Gasteiger partial charge on any atom is -0.326 e. The van der Waals surface area contributed by atoms with Crippen molar-refractivity contribution in [2.75, 3.05) is 5.32 Å². The van der Waals surface area contributed by atoms with Crippen LogP contribution in [0, 0.1) is 6.92 Å². The topological polar surface area (TPSA) is 29.1 Å². The van der Waals surface area contributed by atoms with Crippen LogP contribution in [0.4, 0.5) is 5.69 Å². The SMILES string of the molecule is CCCCCCCCCCCC(=O)Nc1cccc(C)c1. The monoisotopic (exact) mass is 289 g/mol. The number of unbranched alkanes of at least 4 members (excludes halogenated alkanes) is 8. The molecular weight excluding hydrogens is 258 g/mol. The summed E-state index contributed by atoms with van der Waals surface area (Å²) in [5, 5.41) is 2.97. The van der Waals surface area contributed by atoms with E-state index in [1.807, 2.05) is 31.2 Å². The Bertz CT molecular complexity index is 400. The molecule has 1 aromatic rings. The number of aryl methyl sites for hydroxylation is 1. The molecule has 0 spiro atoms. The molecule has 0 aliphatic rings. The minimum absolute atomic E-state index is 0.142. The van der Waals surface area contributed by atoms with Crippen molar-refractivity contribution in [1.29, 1.82) is 0 Å². The third kappa shape index (κ3) is 9.28. The van der Waals surface area contributed by atoms with Crippen LogP contribution in [0.15, 0.2) is 24.3 Å². The minimum atomic E-state index is 0.142. The Morgan fingerprint density at radius 2 is 1.57 bits per heavy atom. The first-order chi connectivity index (χ1) is 10.2. The molecule has 0 aliphatic carbocycles. The molecule has 0 bridgehead atoms. The summed E-state index contributed by atoms with van der Waals surface area (Å²) >= 11 is 0. The van der Waals surface area contributed by atoms with E-state index in [0.717, 1.165) is 12.1 Å². The van der Waals surface area contributed by atoms with Crippen molar-refractivity contribution < 1.29 is 4.79 Å². The highest BCUT2D eigenvalue weighted by Crippen LogP contribution is 2.12. The van der Waals surface area contributed by atoms with Crippen molar-refractivity contribution in [3.63, 3.8) is 0 Å². The summed E-state index contributed by atoms with van der Waals surface area (Å²) in [5.41, 5.74) is 2.09. The van der Waals surface area contributed by atoms with E-state index in [-0.39, 0.29) is 5.91 Å². The van der Waals surface area contributed by atoms with Gasteiger partial charge >= 0.3 is 0 Å². The van der Waals surface area contributed by atoms with Crippen LogP contribution < -0.4 is 5.32 Å². The molecule has 0 heterocycles. The van der Waals surface area contributed by atoms with Gasteiger partial charge in [-0.2, -0.15) is 0 Å². The number of rotatable bonds is 11. The zero-order chi connectivity index (χ0) is 15.3. The fraction of sp³-hybridized carbons (Fsp3) is 0.632. The average molecular weight is 289 g/mol. The molecule has 1 aromatic carbocycles. The summed E-state index contributed by atoms with van der Waals surface area (Å²) in [7, 11) is 0. The highest BCUT2D eigenvalue weighted by atomic mass is 16.1. The van der Waals surface area contributed by atoms with Crippen molar-refractivity contribution in [2.45, 2.75) is 78.1 Å². The van der Waals surface area contributed by atoms with Crippen LogP contribution >= 0.6 is 0 Å². The van der Waals surface area contributed by atoms with Crippen molar-refractivity contribution >= 4 is 11.6 Å². The number of nitrogens with one attached hydrogen (secondary N) is 1. The number of amides is 1. The van der Waals surface area contributed by atoms with Gasteiger partial charge in [0.15, 0.2) is 0 Å². The zero-order valence-corrected chi connectivity index (χ0v) is 13.8. The molecule has 2 nitrogen and oxygen atoms in total. The number of hydrogen-bond acceptors (Lipinski definition) is 1. The van der Waals surface area contributed by atoms with Crippen LogP contribution in [-0.2, 0) is 4.79 Å². The first-order valence-electron chi connectivity index (χ1n) is 8.59. The smallest absolute Gasteiger partial charge is 0.224 e. The van der Waals surface area contributed by atoms with E-state index in [1.54, 1.807) is 0 Å². The zero-order valence-electron chi connectivity index (χ0n) is 13.8. The van der Waals surface area contributed by atoms with Gasteiger partial charge in [0.1, 0.15) is 0 Å². The van der Waals surface area contributed by atoms with E-state index in [4.69, 9.17) is 0 Å². The third-order valence-corrected chi connectivity index (χ3v) is 3.81. The van der Waals surface area contributed by atoms with Gasteiger partial charge < -0.3 is 5.32 Å². The third-order valence-electron chi connectivity index (χ3n) is 3.81. The van der Waals surface area contributed by atoms with Gasteiger partial charge in [0, 0.05) is 12.1 Å². The molecule has 1 rings (SSSR count). The summed E-state index contributed by atoms with van der Waals surface area (Å²) in [4.78, 5) is 11.8. The lowest BCUT2D eigenvalue weighted by molar-refractivity contribution is -0.116. The second-order valence-electron chi connectivity index (χ2n) is 6.00. The van der Waals surface area contributed by atoms with Crippen molar-refractivity contribution in [2.24, 2.45) is 0 Å². The molecule has 0 aromatic heterocycles. The predicted octanol–water partition coefficient (Wildman–Crippen LogP) is 5.85. The second kappa shape index (κ2) is 11.4. The van der Waals surface area contributed by atoms with Gasteiger partial charge in [0.2, 0.25) is 5.91 Å². The van der Waals surface area contributed by atoms with E-state index >= 15 is 0 Å². The molecule has 2 heteroatoms. The Balaban J connectivity index is 1.99. The predicted molar refractivity (Wildman–Crippen MR) is 91.7 cm³/mol. The number of anilines is 1. The number of carbonyl (C=O) groups is 1. The highest BCUT2D eigenvalue weighted by Gasteiger charge is 2.02. The Morgan fingerprint density at radius 1 is 0.952 bits per heavy atom. The summed E-state index contributed by atoms with van der Waals surface area (Å²) in [5.74, 6) is 0.142. The summed E-state index contributed by atoms with van der Waals surface area (Å²) < 4.78 is 0. The summed E-state index contributed by atoms with van der Waals surface area (Å²) in [6, 6.07) is 7.97. The van der Waals surface area contributed by atoms with E-state index < -0.39 is 0 Å². The average Bonchev–Trinajstić information content (AvgIpc) is 2.45. The first-order valence-corrected chi connectivity index (χ1v) is 8.59. The fourth-order valence-corrected chi connectivity index (χ4v) is 2.54. The first kappa shape index (κ1) is 17.7. The maximum Gasteiger partial charge on any atom is 0.224 e. The van der Waals surface area contributed by atoms with Crippen LogP contribution in [0.5, 0.6) is 0 Å². The van der Waals surface area contributed by atoms with Crippen molar-refractivity contribution in [3.8, 4) is 0 Å². The van der Waals surface area contributed by atoms with Gasteiger partial charge in [-0.3, -0.25) is 4.79 Å². The number of carbonyl (C=O) groups excluding carboxylic acids is 1. The van der Waals surface area contributed by atoms with E-state index in [2.05, 4.69) is 12.2 Å². The molecule has 0 atom stereocenters. The summed E-state index contributed by atoms with van der Waals surface area (Å²) in [6.45, 7) is 4.29. The van der Waals surface area contributed by atoms with E-state index in [0.29, 0.717) is 6.42 Å². The van der Waals surface area contributed by atoms with Crippen LogP contribution in [0.3, 0.4) is 0 Å². The Kier molecular flexibility index (Phi) is 9.60. The molecule has 1 N–H and O–H groups in total. The second-order valence-corrected chi connectivity index (χ2v) is 6.00. The van der Waals surface area contributed by atoms with Gasteiger partial charge in [0.25, 0.3) is 0 Å². The molecule has 1 amide bonds. The number of hydrogen-bond donors (Lipinski definition) is 1. The fourth-order valence-electron chi connectivity index (χ4n) is 2.54. The standard InChI is InChI=1S/C19H31NO/c1-3-4-5-6-7-8-9-10-11-15-19(21)20-18-14-12-13-17(2)16-18/h12-14,16H,3-11,15H2,1-2H3,(H,20,21). The molecule has 118 valence electrons. The van der Waals surface area contributed by atoms with Crippen LogP contribution in [0.25, 0.3) is 0 Å². The van der Waals surface area contributed by atoms with E-state index in [1.165, 1.54) is 56.9 Å². The van der Waals surface area contributed by atoms with Gasteiger partial charge in [-0.15, -0.1) is 0 Å². The van der Waals surface area contributed by atoms with Gasteiger partial charge in [-0.25, -0.2) is 0 Å². The Hall–Kier alpha value is -1.31. The molecule has 0 aliphatic heterocycles. The highest BCUT2D eigenvalue weighted by molar-refractivity contribution is 5.90. The largest absolute Gasteiger partial charge is 0.326 e. The lowest BCUT2D eigenvalue weighted by Crippen LogP contribution is -2.11. The molecule has 0 saturated heterocycles. The van der Waals surface area contributed by atoms with E-state index in [9.17, 15) is 4.79 Å². The molecule has 0 radical (unpaired) electrons. The van der Waals surface area contributed by atoms with Gasteiger partial charge in [-0.05, 0) is 31.0 Å². The molecule has 0 saturated carbocycles. The van der Waals surface area contributed by atoms with Crippen molar-refractivity contribution in [1.82, 2.24) is 0 Å². The van der Waals surface area contributed by atoms with Crippen LogP contribution in [0.1, 0.15) is 76.7 Å². The normalized spacial score (nSPS) is 10.6. The Labute approximate surface area is 130 Å². The van der Waals surface area contributed by atoms with Crippen molar-refractivity contribution in [3.05, 3.63) is 29.8 Å². The maximum atomic E-state index is 11.8. The molecular formula is C19H31NO. The molecule has 0 fully saturated rings. The van der Waals surface area contributed by atoms with Gasteiger partial charge in [0.05, 0.1) is 0 Å². The summed E-state index contributed by atoms with van der Waals surface area (Å²) in [6.07, 6.45) is 12.2. The quantitative estimate of drug-likeness (QED) is 0.508. The molecule has 21 heavy (non-hydrogen) atoms. The lowest BCUT2D eigenvalue weighted by atomic mass is 10.1. The maximum absolute atomic E-state index is 11.8. The van der Waals surface area contributed by atoms with Gasteiger partial charge in [-0.1, -0.05) is 70.4 Å². The van der Waals surface area contributed by atoms with Crippen LogP contribution in [-0.4, -0.2) is 5.91 Å². The van der Waals surface area contributed by atoms with Crippen LogP contribution in [0.2, 0.25) is 0 Å². The Morgan fingerprint density at radius 3 is 2.19 bits per heavy atom. The number of benzene rings is 1.